The van der Waals surface area contributed by atoms with Gasteiger partial charge in [-0.1, -0.05) is 29.8 Å². The molecule has 0 aliphatic rings. The molecule has 0 heterocycles. The van der Waals surface area contributed by atoms with Crippen molar-refractivity contribution >= 4 is 21.6 Å². The van der Waals surface area contributed by atoms with Gasteiger partial charge in [0.2, 0.25) is 5.91 Å². The molecule has 0 aliphatic heterocycles. The third kappa shape index (κ3) is 5.83. The maximum absolute atomic E-state index is 12.6. The minimum Gasteiger partial charge on any atom is -0.457 e. The number of carbonyl (C=O) groups is 1. The Morgan fingerprint density at radius 1 is 0.862 bits per heavy atom. The van der Waals surface area contributed by atoms with E-state index >= 15 is 0 Å². The van der Waals surface area contributed by atoms with Crippen LogP contribution in [0.15, 0.2) is 77.7 Å². The normalized spacial score (nSPS) is 11.0. The summed E-state index contributed by atoms with van der Waals surface area (Å²) in [6, 6.07) is 20.7. The van der Waals surface area contributed by atoms with Crippen molar-refractivity contribution in [3.63, 3.8) is 0 Å². The van der Waals surface area contributed by atoms with Crippen LogP contribution in [0.3, 0.4) is 0 Å². The standard InChI is InChI=1S/C22H22N2O4S/c1-16-3-9-20(10-4-16)28-21-11-7-19(8-12-21)24-29(26,27)22-13-5-18(6-14-22)15-23-17(2)25/h3-14,24H,15H2,1-2H3,(H,23,25). The van der Waals surface area contributed by atoms with Crippen molar-refractivity contribution in [3.8, 4) is 11.5 Å². The third-order valence-electron chi connectivity index (χ3n) is 4.14. The van der Waals surface area contributed by atoms with Crippen molar-refractivity contribution in [1.82, 2.24) is 5.32 Å². The van der Waals surface area contributed by atoms with Crippen LogP contribution in [-0.4, -0.2) is 14.3 Å². The summed E-state index contributed by atoms with van der Waals surface area (Å²) < 4.78 is 33.4. The lowest BCUT2D eigenvalue weighted by molar-refractivity contribution is -0.119. The summed E-state index contributed by atoms with van der Waals surface area (Å²) in [6.07, 6.45) is 0. The smallest absolute Gasteiger partial charge is 0.261 e. The molecule has 0 atom stereocenters. The van der Waals surface area contributed by atoms with E-state index in [4.69, 9.17) is 4.74 Å². The van der Waals surface area contributed by atoms with E-state index in [9.17, 15) is 13.2 Å². The Balaban J connectivity index is 1.65. The van der Waals surface area contributed by atoms with Gasteiger partial charge in [-0.05, 0) is 61.0 Å². The van der Waals surface area contributed by atoms with Crippen molar-refractivity contribution in [2.75, 3.05) is 4.72 Å². The zero-order valence-electron chi connectivity index (χ0n) is 16.2. The fourth-order valence-corrected chi connectivity index (χ4v) is 3.62. The summed E-state index contributed by atoms with van der Waals surface area (Å²) in [5.74, 6) is 1.18. The molecule has 0 spiro atoms. The fourth-order valence-electron chi connectivity index (χ4n) is 2.56. The van der Waals surface area contributed by atoms with Gasteiger partial charge >= 0.3 is 0 Å². The Kier molecular flexibility index (Phi) is 6.19. The number of rotatable bonds is 7. The maximum atomic E-state index is 12.6. The second-order valence-corrected chi connectivity index (χ2v) is 8.28. The Bertz CT molecular complexity index is 1080. The number of hydrogen-bond donors (Lipinski definition) is 2. The SMILES string of the molecule is CC(=O)NCc1ccc(S(=O)(=O)Nc2ccc(Oc3ccc(C)cc3)cc2)cc1. The Labute approximate surface area is 170 Å². The van der Waals surface area contributed by atoms with Crippen LogP contribution in [0.1, 0.15) is 18.1 Å². The van der Waals surface area contributed by atoms with E-state index in [1.807, 2.05) is 31.2 Å². The van der Waals surface area contributed by atoms with Gasteiger partial charge in [-0.25, -0.2) is 8.42 Å². The molecule has 0 radical (unpaired) electrons. The molecule has 0 aliphatic carbocycles. The first-order valence-corrected chi connectivity index (χ1v) is 10.5. The molecule has 0 saturated carbocycles. The number of hydrogen-bond acceptors (Lipinski definition) is 4. The van der Waals surface area contributed by atoms with Crippen LogP contribution < -0.4 is 14.8 Å². The number of nitrogens with one attached hydrogen (secondary N) is 2. The Hall–Kier alpha value is -3.32. The molecule has 3 aromatic carbocycles. The molecule has 3 aromatic rings. The van der Waals surface area contributed by atoms with E-state index < -0.39 is 10.0 Å². The summed E-state index contributed by atoms with van der Waals surface area (Å²) in [5, 5.41) is 2.67. The van der Waals surface area contributed by atoms with Gasteiger partial charge in [-0.2, -0.15) is 0 Å². The van der Waals surface area contributed by atoms with Crippen LogP contribution in [0.4, 0.5) is 5.69 Å². The number of amides is 1. The van der Waals surface area contributed by atoms with E-state index in [-0.39, 0.29) is 10.8 Å². The minimum atomic E-state index is -3.72. The molecule has 0 fully saturated rings. The van der Waals surface area contributed by atoms with Gasteiger partial charge in [0.15, 0.2) is 0 Å². The number of benzene rings is 3. The van der Waals surface area contributed by atoms with Crippen LogP contribution in [0.5, 0.6) is 11.5 Å². The third-order valence-corrected chi connectivity index (χ3v) is 5.54. The fraction of sp³-hybridized carbons (Fsp3) is 0.136. The molecule has 0 unspecified atom stereocenters. The molecule has 0 aromatic heterocycles. The summed E-state index contributed by atoms with van der Waals surface area (Å²) in [7, 11) is -3.72. The number of carbonyl (C=O) groups excluding carboxylic acids is 1. The average Bonchev–Trinajstić information content (AvgIpc) is 2.70. The van der Waals surface area contributed by atoms with E-state index in [0.29, 0.717) is 23.7 Å². The van der Waals surface area contributed by atoms with Crippen LogP contribution >= 0.6 is 0 Å². The summed E-state index contributed by atoms with van der Waals surface area (Å²) in [5.41, 5.74) is 2.39. The van der Waals surface area contributed by atoms with Crippen molar-refractivity contribution in [2.24, 2.45) is 0 Å². The lowest BCUT2D eigenvalue weighted by Crippen LogP contribution is -2.19. The van der Waals surface area contributed by atoms with Gasteiger partial charge in [-0.15, -0.1) is 0 Å². The van der Waals surface area contributed by atoms with Gasteiger partial charge in [0, 0.05) is 19.2 Å². The van der Waals surface area contributed by atoms with E-state index in [1.165, 1.54) is 19.1 Å². The van der Waals surface area contributed by atoms with Crippen molar-refractivity contribution in [3.05, 3.63) is 83.9 Å². The van der Waals surface area contributed by atoms with Gasteiger partial charge in [-0.3, -0.25) is 9.52 Å². The number of sulfonamides is 1. The molecular formula is C22H22N2O4S. The molecular weight excluding hydrogens is 388 g/mol. The van der Waals surface area contributed by atoms with Gasteiger partial charge < -0.3 is 10.1 Å². The number of ether oxygens (including phenoxy) is 1. The Morgan fingerprint density at radius 2 is 1.41 bits per heavy atom. The van der Waals surface area contributed by atoms with Gasteiger partial charge in [0.1, 0.15) is 11.5 Å². The minimum absolute atomic E-state index is 0.141. The highest BCUT2D eigenvalue weighted by Gasteiger charge is 2.14. The topological polar surface area (TPSA) is 84.5 Å². The van der Waals surface area contributed by atoms with E-state index in [1.54, 1.807) is 36.4 Å². The van der Waals surface area contributed by atoms with Crippen LogP contribution in [0.25, 0.3) is 0 Å². The lowest BCUT2D eigenvalue weighted by atomic mass is 10.2. The summed E-state index contributed by atoms with van der Waals surface area (Å²) in [6.45, 7) is 3.78. The van der Waals surface area contributed by atoms with Crippen molar-refractivity contribution in [1.29, 1.82) is 0 Å². The van der Waals surface area contributed by atoms with Gasteiger partial charge in [0.05, 0.1) is 4.90 Å². The number of anilines is 1. The van der Waals surface area contributed by atoms with E-state index in [2.05, 4.69) is 10.0 Å². The molecule has 7 heteroatoms. The molecule has 0 saturated heterocycles. The maximum Gasteiger partial charge on any atom is 0.261 e. The largest absolute Gasteiger partial charge is 0.457 e. The molecule has 150 valence electrons. The lowest BCUT2D eigenvalue weighted by Gasteiger charge is -2.10. The first-order chi connectivity index (χ1) is 13.8. The first kappa shape index (κ1) is 20.4. The van der Waals surface area contributed by atoms with Crippen LogP contribution in [0, 0.1) is 6.92 Å². The molecule has 3 rings (SSSR count). The van der Waals surface area contributed by atoms with Crippen molar-refractivity contribution < 1.29 is 17.9 Å². The van der Waals surface area contributed by atoms with Gasteiger partial charge in [0.25, 0.3) is 10.0 Å². The highest BCUT2D eigenvalue weighted by atomic mass is 32.2. The average molecular weight is 410 g/mol. The van der Waals surface area contributed by atoms with Crippen LogP contribution in [-0.2, 0) is 21.4 Å². The summed E-state index contributed by atoms with van der Waals surface area (Å²) >= 11 is 0. The second kappa shape index (κ2) is 8.79. The Morgan fingerprint density at radius 3 is 1.97 bits per heavy atom. The molecule has 1 amide bonds. The molecule has 6 nitrogen and oxygen atoms in total. The second-order valence-electron chi connectivity index (χ2n) is 6.60. The van der Waals surface area contributed by atoms with Crippen molar-refractivity contribution in [2.45, 2.75) is 25.3 Å². The summed E-state index contributed by atoms with van der Waals surface area (Å²) in [4.78, 5) is 11.1. The quantitative estimate of drug-likeness (QED) is 0.611. The molecule has 29 heavy (non-hydrogen) atoms. The van der Waals surface area contributed by atoms with Crippen LogP contribution in [0.2, 0.25) is 0 Å². The van der Waals surface area contributed by atoms with E-state index in [0.717, 1.165) is 11.1 Å². The zero-order chi connectivity index (χ0) is 20.9. The highest BCUT2D eigenvalue weighted by molar-refractivity contribution is 7.92. The predicted octanol–water partition coefficient (Wildman–Crippen LogP) is 4.22. The monoisotopic (exact) mass is 410 g/mol. The zero-order valence-corrected chi connectivity index (χ0v) is 17.0. The first-order valence-electron chi connectivity index (χ1n) is 9.03. The predicted molar refractivity (Wildman–Crippen MR) is 112 cm³/mol. The number of aryl methyl sites for hydroxylation is 1. The molecule has 0 bridgehead atoms. The molecule has 2 N–H and O–H groups in total. The highest BCUT2D eigenvalue weighted by Crippen LogP contribution is 2.24.